The number of anilines is 1. The van der Waals surface area contributed by atoms with Gasteiger partial charge < -0.3 is 9.80 Å². The van der Waals surface area contributed by atoms with Gasteiger partial charge >= 0.3 is 0 Å². The number of fused-ring (bicyclic) bond motifs is 1. The number of hydrogen-bond acceptors (Lipinski definition) is 5. The molecule has 1 amide bonds. The van der Waals surface area contributed by atoms with Gasteiger partial charge in [0.2, 0.25) is 16.0 Å². The highest BCUT2D eigenvalue weighted by molar-refractivity contribution is 7.20. The number of carbonyl (C=O) groups excluding carboxylic acids is 1. The number of piperidine rings is 1. The molecule has 4 heterocycles. The maximum absolute atomic E-state index is 12.8. The first kappa shape index (κ1) is 17.7. The second-order valence-corrected chi connectivity index (χ2v) is 8.86. The molecular weight excluding hydrogens is 370 g/mol. The molecule has 146 valence electrons. The molecule has 0 saturated carbocycles. The molecule has 7 heteroatoms. The van der Waals surface area contributed by atoms with Crippen molar-refractivity contribution in [2.75, 3.05) is 31.1 Å². The van der Waals surface area contributed by atoms with Crippen molar-refractivity contribution in [2.24, 2.45) is 5.92 Å². The Labute approximate surface area is 168 Å². The van der Waals surface area contributed by atoms with E-state index in [0.717, 1.165) is 73.2 Å². The Kier molecular flexibility index (Phi) is 4.55. The summed E-state index contributed by atoms with van der Waals surface area (Å²) in [4.78, 5) is 22.8. The molecule has 5 rings (SSSR count). The lowest BCUT2D eigenvalue weighted by Gasteiger charge is -2.33. The largest absolute Gasteiger partial charge is 0.346 e. The molecule has 1 aromatic carbocycles. The van der Waals surface area contributed by atoms with Crippen LogP contribution in [0, 0.1) is 12.8 Å². The number of carbonyl (C=O) groups is 1. The van der Waals surface area contributed by atoms with Gasteiger partial charge in [0.25, 0.3) is 0 Å². The predicted octanol–water partition coefficient (Wildman–Crippen LogP) is 3.61. The molecule has 3 aromatic rings. The Morgan fingerprint density at radius 3 is 2.64 bits per heavy atom. The van der Waals surface area contributed by atoms with Crippen molar-refractivity contribution in [3.63, 3.8) is 0 Å². The van der Waals surface area contributed by atoms with Crippen LogP contribution in [0.1, 0.15) is 31.2 Å². The van der Waals surface area contributed by atoms with Crippen molar-refractivity contribution in [2.45, 2.75) is 32.6 Å². The molecule has 2 aliphatic heterocycles. The molecule has 1 atom stereocenters. The summed E-state index contributed by atoms with van der Waals surface area (Å²) in [6, 6.07) is 8.41. The predicted molar refractivity (Wildman–Crippen MR) is 112 cm³/mol. The molecule has 2 aromatic heterocycles. The molecule has 2 saturated heterocycles. The molecule has 6 nitrogen and oxygen atoms in total. The zero-order valence-corrected chi connectivity index (χ0v) is 17.0. The zero-order valence-electron chi connectivity index (χ0n) is 16.2. The smallest absolute Gasteiger partial charge is 0.227 e. The molecule has 0 unspecified atom stereocenters. The van der Waals surface area contributed by atoms with Crippen LogP contribution >= 0.6 is 11.3 Å². The Hall–Kier alpha value is -2.41. The highest BCUT2D eigenvalue weighted by Crippen LogP contribution is 2.30. The number of hydrogen-bond donors (Lipinski definition) is 0. The van der Waals surface area contributed by atoms with Gasteiger partial charge in [0.05, 0.1) is 17.8 Å². The van der Waals surface area contributed by atoms with Crippen LogP contribution in [-0.4, -0.2) is 51.6 Å². The fraction of sp³-hybridized carbons (Fsp3) is 0.476. The van der Waals surface area contributed by atoms with Gasteiger partial charge in [-0.05, 0) is 32.6 Å². The van der Waals surface area contributed by atoms with E-state index in [0.29, 0.717) is 5.91 Å². The van der Waals surface area contributed by atoms with E-state index in [9.17, 15) is 4.79 Å². The normalized spacial score (nSPS) is 20.2. The summed E-state index contributed by atoms with van der Waals surface area (Å²) >= 11 is 1.61. The average molecular weight is 396 g/mol. The van der Waals surface area contributed by atoms with Gasteiger partial charge in [-0.2, -0.15) is 0 Å². The minimum absolute atomic E-state index is 0.103. The van der Waals surface area contributed by atoms with Crippen LogP contribution < -0.4 is 4.90 Å². The summed E-state index contributed by atoms with van der Waals surface area (Å²) < 4.78 is 1.88. The van der Waals surface area contributed by atoms with Crippen LogP contribution in [0.5, 0.6) is 0 Å². The third-order valence-electron chi connectivity index (χ3n) is 5.84. The SMILES string of the molecule is Cc1ccc(-c2cn3nc(N4CCC[C@H](C(=O)N5CCCC5)C4)sc3n2)cc1. The minimum Gasteiger partial charge on any atom is -0.346 e. The molecule has 2 aliphatic rings. The van der Waals surface area contributed by atoms with E-state index in [2.05, 4.69) is 41.0 Å². The average Bonchev–Trinajstić information content (AvgIpc) is 3.44. The lowest BCUT2D eigenvalue weighted by molar-refractivity contribution is -0.134. The van der Waals surface area contributed by atoms with Crippen LogP contribution in [0.4, 0.5) is 5.13 Å². The lowest BCUT2D eigenvalue weighted by Crippen LogP contribution is -2.44. The van der Waals surface area contributed by atoms with Crippen molar-refractivity contribution >= 4 is 27.3 Å². The van der Waals surface area contributed by atoms with E-state index in [1.165, 1.54) is 5.56 Å². The molecule has 0 bridgehead atoms. The van der Waals surface area contributed by atoms with Gasteiger partial charge in [-0.1, -0.05) is 41.2 Å². The molecule has 0 N–H and O–H groups in total. The first-order valence-electron chi connectivity index (χ1n) is 10.1. The van der Waals surface area contributed by atoms with Crippen LogP contribution in [0.15, 0.2) is 30.5 Å². The zero-order chi connectivity index (χ0) is 19.1. The van der Waals surface area contributed by atoms with E-state index in [1.807, 2.05) is 10.7 Å². The highest BCUT2D eigenvalue weighted by Gasteiger charge is 2.31. The van der Waals surface area contributed by atoms with E-state index in [4.69, 9.17) is 10.1 Å². The van der Waals surface area contributed by atoms with Crippen molar-refractivity contribution in [1.29, 1.82) is 0 Å². The second-order valence-electron chi connectivity index (χ2n) is 7.92. The van der Waals surface area contributed by atoms with Crippen LogP contribution in [0.3, 0.4) is 0 Å². The summed E-state index contributed by atoms with van der Waals surface area (Å²) in [7, 11) is 0. The van der Waals surface area contributed by atoms with Crippen LogP contribution in [0.2, 0.25) is 0 Å². The van der Waals surface area contributed by atoms with Gasteiger partial charge in [-0.25, -0.2) is 9.50 Å². The van der Waals surface area contributed by atoms with Crippen molar-refractivity contribution in [3.05, 3.63) is 36.0 Å². The third kappa shape index (κ3) is 3.28. The Bertz CT molecular complexity index is 955. The number of imidazole rings is 1. The number of likely N-dealkylation sites (tertiary alicyclic amines) is 1. The standard InChI is InChI=1S/C21H25N5OS/c1-15-6-8-16(9-7-15)18-14-26-20(22-18)28-21(23-26)25-12-4-5-17(13-25)19(27)24-10-2-3-11-24/h6-9,14,17H,2-5,10-13H2,1H3/t17-/m0/s1. The van der Waals surface area contributed by atoms with Crippen LogP contribution in [-0.2, 0) is 4.79 Å². The summed E-state index contributed by atoms with van der Waals surface area (Å²) in [5, 5.41) is 5.73. The fourth-order valence-electron chi connectivity index (χ4n) is 4.23. The molecule has 0 aliphatic carbocycles. The first-order chi connectivity index (χ1) is 13.7. The Morgan fingerprint density at radius 1 is 1.11 bits per heavy atom. The lowest BCUT2D eigenvalue weighted by atomic mass is 9.97. The number of nitrogens with zero attached hydrogens (tertiary/aromatic N) is 5. The number of benzene rings is 1. The van der Waals surface area contributed by atoms with E-state index < -0.39 is 0 Å². The Balaban J connectivity index is 1.33. The van der Waals surface area contributed by atoms with Gasteiger partial charge in [0.15, 0.2) is 0 Å². The van der Waals surface area contributed by atoms with E-state index in [-0.39, 0.29) is 5.92 Å². The molecular formula is C21H25N5OS. The van der Waals surface area contributed by atoms with Crippen molar-refractivity contribution < 1.29 is 4.79 Å². The summed E-state index contributed by atoms with van der Waals surface area (Å²) in [6.07, 6.45) is 6.33. The van der Waals surface area contributed by atoms with Crippen LogP contribution in [0.25, 0.3) is 16.2 Å². The molecule has 0 spiro atoms. The van der Waals surface area contributed by atoms with Crippen molar-refractivity contribution in [3.8, 4) is 11.3 Å². The van der Waals surface area contributed by atoms with Crippen molar-refractivity contribution in [1.82, 2.24) is 19.5 Å². The monoisotopic (exact) mass is 395 g/mol. The summed E-state index contributed by atoms with van der Waals surface area (Å²) in [6.45, 7) is 5.69. The second kappa shape index (κ2) is 7.20. The Morgan fingerprint density at radius 2 is 1.89 bits per heavy atom. The van der Waals surface area contributed by atoms with Gasteiger partial charge in [0.1, 0.15) is 0 Å². The number of aryl methyl sites for hydroxylation is 1. The number of rotatable bonds is 3. The first-order valence-corrected chi connectivity index (χ1v) is 11.0. The third-order valence-corrected chi connectivity index (χ3v) is 6.82. The summed E-state index contributed by atoms with van der Waals surface area (Å²) in [5.41, 5.74) is 3.30. The topological polar surface area (TPSA) is 53.7 Å². The molecule has 2 fully saturated rings. The maximum Gasteiger partial charge on any atom is 0.227 e. The number of aromatic nitrogens is 3. The maximum atomic E-state index is 12.8. The van der Waals surface area contributed by atoms with Gasteiger partial charge in [-0.3, -0.25) is 4.79 Å². The quantitative estimate of drug-likeness (QED) is 0.680. The fourth-order valence-corrected chi connectivity index (χ4v) is 5.15. The van der Waals surface area contributed by atoms with Gasteiger partial charge in [0, 0.05) is 31.7 Å². The highest BCUT2D eigenvalue weighted by atomic mass is 32.1. The van der Waals surface area contributed by atoms with Gasteiger partial charge in [-0.15, -0.1) is 5.10 Å². The minimum atomic E-state index is 0.103. The number of amides is 1. The molecule has 28 heavy (non-hydrogen) atoms. The van der Waals surface area contributed by atoms with E-state index in [1.54, 1.807) is 11.3 Å². The molecule has 0 radical (unpaired) electrons. The summed E-state index contributed by atoms with van der Waals surface area (Å²) in [5.74, 6) is 0.441. The van der Waals surface area contributed by atoms with E-state index >= 15 is 0 Å².